The average Bonchev–Trinajstić information content (AvgIpc) is 2.30. The molecule has 1 aromatic heterocycles. The highest BCUT2D eigenvalue weighted by Gasteiger charge is 2.07. The number of aromatic amines is 1. The molecule has 0 saturated carbocycles. The second kappa shape index (κ2) is 5.46. The molecule has 1 heterocycles. The number of benzene rings is 1. The Morgan fingerprint density at radius 1 is 1.47 bits per heavy atom. The number of H-pyrrole nitrogens is 1. The molecule has 2 aromatic rings. The molecule has 0 spiro atoms. The highest BCUT2D eigenvalue weighted by Crippen LogP contribution is 2.31. The minimum Gasteiger partial charge on any atom is -0.384 e. The number of nitrogen functional groups attached to an aromatic ring is 1. The van der Waals surface area contributed by atoms with Crippen molar-refractivity contribution in [2.75, 3.05) is 0 Å². The molecule has 0 atom stereocenters. The summed E-state index contributed by atoms with van der Waals surface area (Å²) in [6.07, 6.45) is 0. The third-order valence-electron chi connectivity index (χ3n) is 2.30. The summed E-state index contributed by atoms with van der Waals surface area (Å²) in [5, 5.41) is 8.27. The number of hydrogen-bond acceptors (Lipinski definition) is 4. The van der Waals surface area contributed by atoms with Crippen LogP contribution in [0.25, 0.3) is 0 Å². The highest BCUT2D eigenvalue weighted by atomic mass is 35.5. The summed E-state index contributed by atoms with van der Waals surface area (Å²) in [5.41, 5.74) is 6.38. The van der Waals surface area contributed by atoms with Crippen LogP contribution in [0.4, 0.5) is 0 Å². The number of aromatic nitrogens is 2. The van der Waals surface area contributed by atoms with E-state index < -0.39 is 0 Å². The van der Waals surface area contributed by atoms with E-state index in [9.17, 15) is 4.79 Å². The van der Waals surface area contributed by atoms with Crippen molar-refractivity contribution in [1.29, 1.82) is 5.41 Å². The van der Waals surface area contributed by atoms with Gasteiger partial charge < -0.3 is 10.7 Å². The van der Waals surface area contributed by atoms with Gasteiger partial charge in [0, 0.05) is 22.2 Å². The first-order valence-electron chi connectivity index (χ1n) is 5.35. The van der Waals surface area contributed by atoms with Gasteiger partial charge in [-0.3, -0.25) is 10.2 Å². The van der Waals surface area contributed by atoms with E-state index in [-0.39, 0.29) is 11.4 Å². The molecule has 0 unspecified atom stereocenters. The smallest absolute Gasteiger partial charge is 0.251 e. The average molecular weight is 295 g/mol. The molecule has 1 aromatic carbocycles. The number of amidine groups is 1. The molecule has 0 aliphatic heterocycles. The van der Waals surface area contributed by atoms with Crippen molar-refractivity contribution in [2.24, 2.45) is 5.73 Å². The number of halogens is 1. The Balaban J connectivity index is 2.33. The van der Waals surface area contributed by atoms with Crippen LogP contribution in [-0.2, 0) is 0 Å². The summed E-state index contributed by atoms with van der Waals surface area (Å²) in [6, 6.07) is 6.47. The van der Waals surface area contributed by atoms with E-state index in [1.165, 1.54) is 17.8 Å². The van der Waals surface area contributed by atoms with Crippen LogP contribution in [0.15, 0.2) is 39.1 Å². The van der Waals surface area contributed by atoms with Gasteiger partial charge in [-0.25, -0.2) is 4.98 Å². The van der Waals surface area contributed by atoms with Gasteiger partial charge in [-0.1, -0.05) is 29.4 Å². The quantitative estimate of drug-likeness (QED) is 0.459. The van der Waals surface area contributed by atoms with E-state index in [1.807, 2.05) is 0 Å². The van der Waals surface area contributed by atoms with E-state index in [0.717, 1.165) is 4.90 Å². The SMILES string of the molecule is Cc1cc(=O)[nH]c(Sc2ccc(C(=N)N)cc2Cl)n1. The fraction of sp³-hybridized carbons (Fsp3) is 0.0833. The summed E-state index contributed by atoms with van der Waals surface area (Å²) in [6.45, 7) is 1.75. The second-order valence-electron chi connectivity index (χ2n) is 3.85. The Hall–Kier alpha value is -1.79. The molecule has 7 heteroatoms. The molecule has 0 saturated heterocycles. The third-order valence-corrected chi connectivity index (χ3v) is 3.68. The molecule has 0 amide bonds. The number of rotatable bonds is 3. The Kier molecular flexibility index (Phi) is 3.92. The number of nitrogens with two attached hydrogens (primary N) is 1. The van der Waals surface area contributed by atoms with Gasteiger partial charge in [-0.2, -0.15) is 0 Å². The lowest BCUT2D eigenvalue weighted by atomic mass is 10.2. The first-order chi connectivity index (χ1) is 8.95. The highest BCUT2D eigenvalue weighted by molar-refractivity contribution is 7.99. The molecular formula is C12H11ClN4OS. The molecule has 0 bridgehead atoms. The molecule has 98 valence electrons. The molecule has 5 nitrogen and oxygen atoms in total. The lowest BCUT2D eigenvalue weighted by Crippen LogP contribution is -2.10. The largest absolute Gasteiger partial charge is 0.384 e. The number of aryl methyl sites for hydroxylation is 1. The van der Waals surface area contributed by atoms with Crippen LogP contribution in [0.1, 0.15) is 11.3 Å². The van der Waals surface area contributed by atoms with Crippen molar-refractivity contribution < 1.29 is 0 Å². The maximum absolute atomic E-state index is 11.3. The second-order valence-corrected chi connectivity index (χ2v) is 5.29. The molecule has 0 fully saturated rings. The predicted molar refractivity (Wildman–Crippen MR) is 76.2 cm³/mol. The number of nitrogens with zero attached hydrogens (tertiary/aromatic N) is 1. The van der Waals surface area contributed by atoms with Gasteiger partial charge in [0.25, 0.3) is 5.56 Å². The fourth-order valence-electron chi connectivity index (χ4n) is 1.46. The molecule has 0 aliphatic carbocycles. The molecule has 0 aliphatic rings. The zero-order chi connectivity index (χ0) is 14.0. The van der Waals surface area contributed by atoms with E-state index >= 15 is 0 Å². The van der Waals surface area contributed by atoms with Crippen molar-refractivity contribution in [3.63, 3.8) is 0 Å². The maximum atomic E-state index is 11.3. The Labute approximate surface area is 118 Å². The van der Waals surface area contributed by atoms with Crippen molar-refractivity contribution in [3.05, 3.63) is 50.9 Å². The van der Waals surface area contributed by atoms with E-state index in [0.29, 0.717) is 21.4 Å². The first-order valence-corrected chi connectivity index (χ1v) is 6.55. The van der Waals surface area contributed by atoms with Crippen molar-refractivity contribution in [1.82, 2.24) is 9.97 Å². The van der Waals surface area contributed by atoms with E-state index in [2.05, 4.69) is 9.97 Å². The zero-order valence-corrected chi connectivity index (χ0v) is 11.6. The van der Waals surface area contributed by atoms with E-state index in [1.54, 1.807) is 25.1 Å². The van der Waals surface area contributed by atoms with Crippen LogP contribution in [0.2, 0.25) is 5.02 Å². The summed E-state index contributed by atoms with van der Waals surface area (Å²) >= 11 is 7.36. The van der Waals surface area contributed by atoms with Crippen LogP contribution in [-0.4, -0.2) is 15.8 Å². The van der Waals surface area contributed by atoms with Crippen molar-refractivity contribution in [2.45, 2.75) is 17.0 Å². The third kappa shape index (κ3) is 3.36. The monoisotopic (exact) mass is 294 g/mol. The lowest BCUT2D eigenvalue weighted by molar-refractivity contribution is 0.905. The zero-order valence-electron chi connectivity index (χ0n) is 10.0. The predicted octanol–water partition coefficient (Wildman–Crippen LogP) is 2.17. The van der Waals surface area contributed by atoms with Crippen LogP contribution in [0, 0.1) is 12.3 Å². The molecule has 0 radical (unpaired) electrons. The standard InChI is InChI=1S/C12H11ClN4OS/c1-6-4-10(18)17-12(16-6)19-9-3-2-7(11(14)15)5-8(9)13/h2-5H,1H3,(H3,14,15)(H,16,17,18). The molecule has 19 heavy (non-hydrogen) atoms. The lowest BCUT2D eigenvalue weighted by Gasteiger charge is -2.06. The van der Waals surface area contributed by atoms with Crippen LogP contribution in [0.5, 0.6) is 0 Å². The first kappa shape index (κ1) is 13.6. The van der Waals surface area contributed by atoms with Crippen molar-refractivity contribution >= 4 is 29.2 Å². The van der Waals surface area contributed by atoms with Gasteiger partial charge in [0.05, 0.1) is 5.02 Å². The van der Waals surface area contributed by atoms with Gasteiger partial charge in [0.2, 0.25) is 0 Å². The van der Waals surface area contributed by atoms with E-state index in [4.69, 9.17) is 22.7 Å². The minimum atomic E-state index is -0.202. The van der Waals surface area contributed by atoms with Crippen LogP contribution >= 0.6 is 23.4 Å². The van der Waals surface area contributed by atoms with Gasteiger partial charge in [0.15, 0.2) is 5.16 Å². The Morgan fingerprint density at radius 3 is 2.79 bits per heavy atom. The van der Waals surface area contributed by atoms with Gasteiger partial charge >= 0.3 is 0 Å². The Morgan fingerprint density at radius 2 is 2.21 bits per heavy atom. The van der Waals surface area contributed by atoms with Gasteiger partial charge in [-0.15, -0.1) is 0 Å². The molecule has 4 N–H and O–H groups in total. The summed E-state index contributed by atoms with van der Waals surface area (Å²) in [5.74, 6) is -0.0412. The summed E-state index contributed by atoms with van der Waals surface area (Å²) in [7, 11) is 0. The number of hydrogen-bond donors (Lipinski definition) is 3. The molecule has 2 rings (SSSR count). The van der Waals surface area contributed by atoms with Crippen molar-refractivity contribution in [3.8, 4) is 0 Å². The number of nitrogens with one attached hydrogen (secondary N) is 2. The summed E-state index contributed by atoms with van der Waals surface area (Å²) in [4.78, 5) is 18.9. The Bertz CT molecular complexity index is 698. The minimum absolute atomic E-state index is 0.0412. The summed E-state index contributed by atoms with van der Waals surface area (Å²) < 4.78 is 0. The van der Waals surface area contributed by atoms with Gasteiger partial charge in [0.1, 0.15) is 5.84 Å². The van der Waals surface area contributed by atoms with Gasteiger partial charge in [-0.05, 0) is 19.1 Å². The fourth-order valence-corrected chi connectivity index (χ4v) is 2.59. The van der Waals surface area contributed by atoms with Crippen LogP contribution < -0.4 is 11.3 Å². The normalized spacial score (nSPS) is 10.4. The molecular weight excluding hydrogens is 284 g/mol. The maximum Gasteiger partial charge on any atom is 0.251 e. The topological polar surface area (TPSA) is 95.6 Å². The van der Waals surface area contributed by atoms with Crippen LogP contribution in [0.3, 0.4) is 0 Å².